The second kappa shape index (κ2) is 5.48. The van der Waals surface area contributed by atoms with Crippen molar-refractivity contribution in [3.05, 3.63) is 30.6 Å². The first kappa shape index (κ1) is 14.4. The van der Waals surface area contributed by atoms with Crippen LogP contribution in [0.15, 0.2) is 30.6 Å². The van der Waals surface area contributed by atoms with Gasteiger partial charge in [-0.2, -0.15) is 0 Å². The number of aryl methyl sites for hydroxylation is 1. The number of hydrogen-bond acceptors (Lipinski definition) is 6. The lowest BCUT2D eigenvalue weighted by Gasteiger charge is -2.40. The number of tetrazole rings is 1. The summed E-state index contributed by atoms with van der Waals surface area (Å²) in [5.41, 5.74) is 1.80. The zero-order valence-electron chi connectivity index (χ0n) is 12.6. The van der Waals surface area contributed by atoms with Crippen LogP contribution >= 0.6 is 0 Å². The maximum atomic E-state index is 12.9. The van der Waals surface area contributed by atoms with Gasteiger partial charge in [0.05, 0.1) is 30.2 Å². The zero-order valence-corrected chi connectivity index (χ0v) is 13.4. The topological polar surface area (TPSA) is 84.2 Å². The molecule has 1 aromatic carbocycles. The van der Waals surface area contributed by atoms with Gasteiger partial charge >= 0.3 is 0 Å². The highest BCUT2D eigenvalue weighted by molar-refractivity contribution is 7.92. The molecule has 0 amide bonds. The lowest BCUT2D eigenvalue weighted by Crippen LogP contribution is -2.49. The van der Waals surface area contributed by atoms with Crippen molar-refractivity contribution in [3.8, 4) is 0 Å². The number of rotatable bonds is 4. The van der Waals surface area contributed by atoms with Crippen LogP contribution < -0.4 is 9.21 Å². The molecule has 0 saturated carbocycles. The van der Waals surface area contributed by atoms with E-state index in [9.17, 15) is 8.42 Å². The smallest absolute Gasteiger partial charge is 0.237 e. The molecule has 8 nitrogen and oxygen atoms in total. The summed E-state index contributed by atoms with van der Waals surface area (Å²) in [5, 5.41) is 10.8. The molecule has 4 rings (SSSR count). The molecule has 0 bridgehead atoms. The zero-order chi connectivity index (χ0) is 15.9. The van der Waals surface area contributed by atoms with Gasteiger partial charge in [0.15, 0.2) is 0 Å². The second-order valence-corrected chi connectivity index (χ2v) is 7.91. The minimum Gasteiger partial charge on any atom is -0.365 e. The first-order valence-electron chi connectivity index (χ1n) is 7.72. The summed E-state index contributed by atoms with van der Waals surface area (Å²) < 4.78 is 28.7. The number of benzene rings is 1. The minimum absolute atomic E-state index is 0.0148. The van der Waals surface area contributed by atoms with Gasteiger partial charge in [0.25, 0.3) is 0 Å². The third-order valence-corrected chi connectivity index (χ3v) is 6.23. The summed E-state index contributed by atoms with van der Waals surface area (Å²) in [4.78, 5) is 2.34. The Kier molecular flexibility index (Phi) is 3.44. The van der Waals surface area contributed by atoms with Crippen LogP contribution in [-0.2, 0) is 16.6 Å². The Morgan fingerprint density at radius 1 is 1.22 bits per heavy atom. The quantitative estimate of drug-likeness (QED) is 0.809. The normalized spacial score (nSPS) is 20.4. The van der Waals surface area contributed by atoms with Crippen LogP contribution in [0.25, 0.3) is 0 Å². The lowest BCUT2D eigenvalue weighted by molar-refractivity contribution is 0.561. The van der Waals surface area contributed by atoms with Gasteiger partial charge in [0.1, 0.15) is 6.33 Å². The molecule has 2 aliphatic heterocycles. The number of para-hydroxylation sites is 2. The Bertz CT molecular complexity index is 791. The molecule has 1 aromatic heterocycles. The molecular formula is C14H18N6O2S. The summed E-state index contributed by atoms with van der Waals surface area (Å²) >= 11 is 0. The van der Waals surface area contributed by atoms with Crippen molar-refractivity contribution in [1.82, 2.24) is 20.2 Å². The Balaban J connectivity index is 1.64. The van der Waals surface area contributed by atoms with E-state index in [-0.39, 0.29) is 18.3 Å². The fourth-order valence-electron chi connectivity index (χ4n) is 3.42. The molecule has 0 N–H and O–H groups in total. The number of anilines is 2. The summed E-state index contributed by atoms with van der Waals surface area (Å²) in [5.74, 6) is -0.0148. The van der Waals surface area contributed by atoms with Crippen LogP contribution in [0.3, 0.4) is 0 Å². The Labute approximate surface area is 134 Å². The van der Waals surface area contributed by atoms with Gasteiger partial charge in [-0.1, -0.05) is 12.1 Å². The highest BCUT2D eigenvalue weighted by Crippen LogP contribution is 2.40. The SMILES string of the molecule is O=S(=O)(CCn1cnnn1)N1CC2CCCN2c2ccccc21. The van der Waals surface area contributed by atoms with Crippen LogP contribution in [-0.4, -0.2) is 53.5 Å². The number of hydrogen-bond donors (Lipinski definition) is 0. The van der Waals surface area contributed by atoms with E-state index in [0.717, 1.165) is 30.8 Å². The van der Waals surface area contributed by atoms with Crippen molar-refractivity contribution in [2.24, 2.45) is 0 Å². The van der Waals surface area contributed by atoms with Gasteiger partial charge in [-0.25, -0.2) is 13.1 Å². The van der Waals surface area contributed by atoms with E-state index >= 15 is 0 Å². The molecule has 1 saturated heterocycles. The summed E-state index contributed by atoms with van der Waals surface area (Å²) in [6.07, 6.45) is 3.57. The maximum Gasteiger partial charge on any atom is 0.237 e. The minimum atomic E-state index is -3.42. The molecule has 1 unspecified atom stereocenters. The van der Waals surface area contributed by atoms with Crippen molar-refractivity contribution in [3.63, 3.8) is 0 Å². The molecule has 2 aliphatic rings. The maximum absolute atomic E-state index is 12.9. The molecule has 0 spiro atoms. The molecular weight excluding hydrogens is 316 g/mol. The first-order valence-corrected chi connectivity index (χ1v) is 9.33. The average Bonchev–Trinajstić information content (AvgIpc) is 3.23. The van der Waals surface area contributed by atoms with E-state index in [2.05, 4.69) is 20.4 Å². The monoisotopic (exact) mass is 334 g/mol. The van der Waals surface area contributed by atoms with Crippen molar-refractivity contribution >= 4 is 21.4 Å². The first-order chi connectivity index (χ1) is 11.1. The van der Waals surface area contributed by atoms with Crippen LogP contribution in [0, 0.1) is 0 Å². The van der Waals surface area contributed by atoms with E-state index in [4.69, 9.17) is 0 Å². The standard InChI is InChI=1S/C14H18N6O2S/c21-23(22,9-8-18-11-15-16-17-18)20-10-12-4-3-7-19(12)13-5-1-2-6-14(13)20/h1-2,5-6,11-12H,3-4,7-10H2. The Morgan fingerprint density at radius 2 is 2.04 bits per heavy atom. The van der Waals surface area contributed by atoms with Crippen LogP contribution in [0.1, 0.15) is 12.8 Å². The van der Waals surface area contributed by atoms with E-state index < -0.39 is 10.0 Å². The van der Waals surface area contributed by atoms with Crippen LogP contribution in [0.2, 0.25) is 0 Å². The largest absolute Gasteiger partial charge is 0.365 e. The van der Waals surface area contributed by atoms with E-state index in [0.29, 0.717) is 6.54 Å². The second-order valence-electron chi connectivity index (χ2n) is 5.90. The summed E-state index contributed by atoms with van der Waals surface area (Å²) in [6.45, 7) is 1.78. The molecule has 23 heavy (non-hydrogen) atoms. The Morgan fingerprint density at radius 3 is 2.83 bits per heavy atom. The molecule has 0 aliphatic carbocycles. The van der Waals surface area contributed by atoms with Crippen molar-refractivity contribution in [2.45, 2.75) is 25.4 Å². The third-order valence-electron chi connectivity index (χ3n) is 4.52. The molecule has 2 aromatic rings. The fourth-order valence-corrected chi connectivity index (χ4v) is 4.91. The van der Waals surface area contributed by atoms with Gasteiger partial charge < -0.3 is 4.90 Å². The lowest BCUT2D eigenvalue weighted by atomic mass is 10.1. The molecule has 9 heteroatoms. The molecule has 0 radical (unpaired) electrons. The van der Waals surface area contributed by atoms with Crippen molar-refractivity contribution < 1.29 is 8.42 Å². The van der Waals surface area contributed by atoms with Crippen molar-refractivity contribution in [2.75, 3.05) is 28.0 Å². The van der Waals surface area contributed by atoms with Crippen LogP contribution in [0.4, 0.5) is 11.4 Å². The van der Waals surface area contributed by atoms with Crippen molar-refractivity contribution in [1.29, 1.82) is 0 Å². The van der Waals surface area contributed by atoms with Gasteiger partial charge in [0.2, 0.25) is 10.0 Å². The van der Waals surface area contributed by atoms with E-state index in [1.165, 1.54) is 11.0 Å². The van der Waals surface area contributed by atoms with Crippen LogP contribution in [0.5, 0.6) is 0 Å². The number of sulfonamides is 1. The molecule has 1 fully saturated rings. The number of aromatic nitrogens is 4. The van der Waals surface area contributed by atoms with Gasteiger partial charge in [-0.3, -0.25) is 4.31 Å². The Hall–Kier alpha value is -2.16. The predicted octanol–water partition coefficient (Wildman–Crippen LogP) is 0.492. The van der Waals surface area contributed by atoms with E-state index in [1.54, 1.807) is 4.31 Å². The summed E-state index contributed by atoms with van der Waals surface area (Å²) in [7, 11) is -3.42. The number of fused-ring (bicyclic) bond motifs is 3. The molecule has 1 atom stereocenters. The van der Waals surface area contributed by atoms with Gasteiger partial charge in [0, 0.05) is 12.6 Å². The number of nitrogens with zero attached hydrogens (tertiary/aromatic N) is 6. The molecule has 3 heterocycles. The van der Waals surface area contributed by atoms with Gasteiger partial charge in [-0.05, 0) is 35.4 Å². The predicted molar refractivity (Wildman–Crippen MR) is 85.8 cm³/mol. The fraction of sp³-hybridized carbons (Fsp3) is 0.500. The molecule has 122 valence electrons. The third kappa shape index (κ3) is 2.54. The van der Waals surface area contributed by atoms with Gasteiger partial charge in [-0.15, -0.1) is 5.10 Å². The summed E-state index contributed by atoms with van der Waals surface area (Å²) in [6, 6.07) is 8.02. The highest BCUT2D eigenvalue weighted by atomic mass is 32.2. The highest BCUT2D eigenvalue weighted by Gasteiger charge is 2.38. The van der Waals surface area contributed by atoms with E-state index in [1.807, 2.05) is 24.3 Å². The average molecular weight is 334 g/mol.